The maximum Gasteiger partial charge on any atom is 0.243 e. The number of rotatable bonds is 3. The minimum Gasteiger partial charge on any atom is -0.496 e. The number of ether oxygens (including phenoxy) is 1. The molecule has 118 valence electrons. The van der Waals surface area contributed by atoms with Crippen molar-refractivity contribution in [1.29, 1.82) is 0 Å². The molecule has 1 aliphatic heterocycles. The molecule has 1 aromatic rings. The highest BCUT2D eigenvalue weighted by Crippen LogP contribution is 2.31. The van der Waals surface area contributed by atoms with E-state index in [0.29, 0.717) is 29.8 Å². The van der Waals surface area contributed by atoms with Gasteiger partial charge in [-0.3, -0.25) is 0 Å². The third kappa shape index (κ3) is 3.24. The second kappa shape index (κ2) is 5.97. The van der Waals surface area contributed by atoms with Crippen molar-refractivity contribution in [3.63, 3.8) is 0 Å². The molecule has 0 N–H and O–H groups in total. The van der Waals surface area contributed by atoms with Crippen LogP contribution in [0.2, 0.25) is 0 Å². The second-order valence-electron chi connectivity index (χ2n) is 6.36. The van der Waals surface area contributed by atoms with Gasteiger partial charge in [-0.1, -0.05) is 13.8 Å². The summed E-state index contributed by atoms with van der Waals surface area (Å²) in [5, 5.41) is 0. The Morgan fingerprint density at radius 1 is 1.10 bits per heavy atom. The summed E-state index contributed by atoms with van der Waals surface area (Å²) in [5.74, 6) is 1.57. The number of benzene rings is 1. The fraction of sp³-hybridized carbons (Fsp3) is 0.625. The van der Waals surface area contributed by atoms with Crippen molar-refractivity contribution in [3.05, 3.63) is 23.3 Å². The van der Waals surface area contributed by atoms with Crippen LogP contribution in [-0.2, 0) is 10.0 Å². The van der Waals surface area contributed by atoms with E-state index >= 15 is 0 Å². The van der Waals surface area contributed by atoms with E-state index in [4.69, 9.17) is 4.74 Å². The fourth-order valence-electron chi connectivity index (χ4n) is 3.33. The molecule has 2 atom stereocenters. The van der Waals surface area contributed by atoms with Gasteiger partial charge in [0, 0.05) is 13.1 Å². The zero-order valence-corrected chi connectivity index (χ0v) is 14.3. The normalized spacial score (nSPS) is 24.0. The predicted octanol–water partition coefficient (Wildman–Crippen LogP) is 2.98. The van der Waals surface area contributed by atoms with Gasteiger partial charge >= 0.3 is 0 Å². The highest BCUT2D eigenvalue weighted by Gasteiger charge is 2.32. The zero-order valence-electron chi connectivity index (χ0n) is 13.5. The molecule has 0 radical (unpaired) electrons. The SMILES string of the molecule is COc1c(C)cc(S(=O)(=O)N2C[C@H](C)C[C@@H](C)C2)cc1C. The monoisotopic (exact) mass is 311 g/mol. The first kappa shape index (κ1) is 16.3. The van der Waals surface area contributed by atoms with Crippen molar-refractivity contribution >= 4 is 10.0 Å². The predicted molar refractivity (Wildman–Crippen MR) is 84.2 cm³/mol. The average molecular weight is 311 g/mol. The van der Waals surface area contributed by atoms with E-state index in [-0.39, 0.29) is 0 Å². The summed E-state index contributed by atoms with van der Waals surface area (Å²) in [5.41, 5.74) is 1.71. The summed E-state index contributed by atoms with van der Waals surface area (Å²) in [6, 6.07) is 3.43. The maximum absolute atomic E-state index is 12.9. The summed E-state index contributed by atoms with van der Waals surface area (Å²) >= 11 is 0. The van der Waals surface area contributed by atoms with Gasteiger partial charge in [0.1, 0.15) is 5.75 Å². The molecule has 1 fully saturated rings. The number of aryl methyl sites for hydroxylation is 2. The molecule has 0 bridgehead atoms. The molecule has 4 nitrogen and oxygen atoms in total. The van der Waals surface area contributed by atoms with Crippen LogP contribution in [-0.4, -0.2) is 32.9 Å². The molecule has 1 aliphatic rings. The van der Waals surface area contributed by atoms with E-state index in [9.17, 15) is 8.42 Å². The van der Waals surface area contributed by atoms with Crippen molar-refractivity contribution in [2.45, 2.75) is 39.0 Å². The highest BCUT2D eigenvalue weighted by atomic mass is 32.2. The maximum atomic E-state index is 12.9. The lowest BCUT2D eigenvalue weighted by molar-refractivity contribution is 0.222. The summed E-state index contributed by atoms with van der Waals surface area (Å²) in [6.45, 7) is 9.21. The van der Waals surface area contributed by atoms with Crippen LogP contribution >= 0.6 is 0 Å². The van der Waals surface area contributed by atoms with Crippen LogP contribution in [0.1, 0.15) is 31.4 Å². The average Bonchev–Trinajstić information content (AvgIpc) is 2.37. The van der Waals surface area contributed by atoms with Crippen LogP contribution in [0.25, 0.3) is 0 Å². The lowest BCUT2D eigenvalue weighted by Crippen LogP contribution is -2.42. The highest BCUT2D eigenvalue weighted by molar-refractivity contribution is 7.89. The first-order valence-corrected chi connectivity index (χ1v) is 8.85. The van der Waals surface area contributed by atoms with Gasteiger partial charge < -0.3 is 4.74 Å². The van der Waals surface area contributed by atoms with Crippen LogP contribution in [0.5, 0.6) is 5.75 Å². The molecule has 0 aliphatic carbocycles. The number of hydrogen-bond acceptors (Lipinski definition) is 3. The van der Waals surface area contributed by atoms with E-state index in [1.807, 2.05) is 13.8 Å². The topological polar surface area (TPSA) is 46.6 Å². The Bertz CT molecular complexity index is 591. The molecule has 1 saturated heterocycles. The largest absolute Gasteiger partial charge is 0.496 e. The number of hydrogen-bond donors (Lipinski definition) is 0. The van der Waals surface area contributed by atoms with Crippen LogP contribution < -0.4 is 4.74 Å². The van der Waals surface area contributed by atoms with Gasteiger partial charge in [-0.25, -0.2) is 8.42 Å². The second-order valence-corrected chi connectivity index (χ2v) is 8.30. The lowest BCUT2D eigenvalue weighted by Gasteiger charge is -2.34. The molecular formula is C16H25NO3S. The van der Waals surface area contributed by atoms with Crippen molar-refractivity contribution < 1.29 is 13.2 Å². The minimum absolute atomic E-state index is 0.375. The van der Waals surface area contributed by atoms with Crippen molar-refractivity contribution in [1.82, 2.24) is 4.31 Å². The van der Waals surface area contributed by atoms with E-state index in [1.165, 1.54) is 0 Å². The van der Waals surface area contributed by atoms with Gasteiger partial charge in [-0.05, 0) is 55.4 Å². The molecule has 0 amide bonds. The first-order valence-electron chi connectivity index (χ1n) is 7.41. The Morgan fingerprint density at radius 2 is 1.57 bits per heavy atom. The summed E-state index contributed by atoms with van der Waals surface area (Å²) in [4.78, 5) is 0.375. The van der Waals surface area contributed by atoms with Crippen molar-refractivity contribution in [3.8, 4) is 5.75 Å². The molecular weight excluding hydrogens is 286 g/mol. The molecule has 5 heteroatoms. The summed E-state index contributed by atoms with van der Waals surface area (Å²) in [7, 11) is -1.81. The van der Waals surface area contributed by atoms with E-state index < -0.39 is 10.0 Å². The summed E-state index contributed by atoms with van der Waals surface area (Å²) < 4.78 is 32.7. The molecule has 2 rings (SSSR count). The van der Waals surface area contributed by atoms with E-state index in [1.54, 1.807) is 23.5 Å². The number of sulfonamides is 1. The number of piperidine rings is 1. The van der Waals surface area contributed by atoms with Gasteiger partial charge in [0.15, 0.2) is 0 Å². The Kier molecular flexibility index (Phi) is 4.63. The number of nitrogens with zero attached hydrogens (tertiary/aromatic N) is 1. The molecule has 0 unspecified atom stereocenters. The van der Waals surface area contributed by atoms with Crippen LogP contribution in [0.15, 0.2) is 17.0 Å². The standard InChI is InChI=1S/C16H25NO3S/c1-11-6-12(2)10-17(9-11)21(18,19)15-7-13(3)16(20-5)14(4)8-15/h7-8,11-12H,6,9-10H2,1-5H3/t11-,12-/m1/s1. The van der Waals surface area contributed by atoms with Gasteiger partial charge in [0.25, 0.3) is 0 Å². The quantitative estimate of drug-likeness (QED) is 0.862. The Balaban J connectivity index is 2.40. The van der Waals surface area contributed by atoms with E-state index in [2.05, 4.69) is 13.8 Å². The smallest absolute Gasteiger partial charge is 0.243 e. The fourth-order valence-corrected chi connectivity index (χ4v) is 5.18. The van der Waals surface area contributed by atoms with E-state index in [0.717, 1.165) is 23.3 Å². The van der Waals surface area contributed by atoms with Crippen LogP contribution in [0, 0.1) is 25.7 Å². The molecule has 0 spiro atoms. The Hall–Kier alpha value is -1.07. The van der Waals surface area contributed by atoms with Crippen LogP contribution in [0.3, 0.4) is 0 Å². The minimum atomic E-state index is -3.42. The van der Waals surface area contributed by atoms with Gasteiger partial charge in [-0.15, -0.1) is 0 Å². The Labute approximate surface area is 128 Å². The van der Waals surface area contributed by atoms with Gasteiger partial charge in [0.05, 0.1) is 12.0 Å². The third-order valence-electron chi connectivity index (χ3n) is 4.11. The van der Waals surface area contributed by atoms with Crippen molar-refractivity contribution in [2.24, 2.45) is 11.8 Å². The molecule has 1 heterocycles. The Morgan fingerprint density at radius 3 is 2.00 bits per heavy atom. The van der Waals surface area contributed by atoms with Gasteiger partial charge in [0.2, 0.25) is 10.0 Å². The van der Waals surface area contributed by atoms with Crippen LogP contribution in [0.4, 0.5) is 0 Å². The zero-order chi connectivity index (χ0) is 15.8. The first-order chi connectivity index (χ1) is 9.75. The molecule has 1 aromatic carbocycles. The number of methoxy groups -OCH3 is 1. The summed E-state index contributed by atoms with van der Waals surface area (Å²) in [6.07, 6.45) is 1.09. The molecule has 0 aromatic heterocycles. The molecule has 0 saturated carbocycles. The third-order valence-corrected chi connectivity index (χ3v) is 5.92. The van der Waals surface area contributed by atoms with Crippen molar-refractivity contribution in [2.75, 3.05) is 20.2 Å². The lowest BCUT2D eigenvalue weighted by atomic mass is 9.94. The van der Waals surface area contributed by atoms with Gasteiger partial charge in [-0.2, -0.15) is 4.31 Å². The molecule has 21 heavy (non-hydrogen) atoms.